The molecule has 3 nitrogen and oxygen atoms in total. The van der Waals surface area contributed by atoms with E-state index < -0.39 is 0 Å². The van der Waals surface area contributed by atoms with Crippen molar-refractivity contribution in [1.82, 2.24) is 0 Å². The summed E-state index contributed by atoms with van der Waals surface area (Å²) in [5, 5.41) is 0. The van der Waals surface area contributed by atoms with Gasteiger partial charge in [0.2, 0.25) is 0 Å². The second-order valence-corrected chi connectivity index (χ2v) is 7.34. The number of hydrogen-bond donors (Lipinski definition) is 0. The largest absolute Gasteiger partial charge is 0.493 e. The first-order chi connectivity index (χ1) is 13.3. The number of hydrogen-bond acceptors (Lipinski definition) is 3. The Morgan fingerprint density at radius 1 is 0.815 bits per heavy atom. The summed E-state index contributed by atoms with van der Waals surface area (Å²) in [5.74, 6) is 2.52. The van der Waals surface area contributed by atoms with E-state index in [1.807, 2.05) is 6.07 Å². The third-order valence-corrected chi connectivity index (χ3v) is 5.74. The van der Waals surface area contributed by atoms with Crippen molar-refractivity contribution in [1.29, 1.82) is 0 Å². The van der Waals surface area contributed by atoms with Crippen molar-refractivity contribution in [3.8, 4) is 11.5 Å². The molecule has 27 heavy (non-hydrogen) atoms. The van der Waals surface area contributed by atoms with Gasteiger partial charge in [-0.3, -0.25) is 0 Å². The van der Waals surface area contributed by atoms with Crippen LogP contribution in [0.25, 0.3) is 0 Å². The zero-order valence-corrected chi connectivity index (χ0v) is 15.5. The normalized spacial score (nSPS) is 20.9. The number of nitrogens with zero attached hydrogens (tertiary/aromatic N) is 1. The molecule has 2 unspecified atom stereocenters. The molecule has 0 amide bonds. The molecule has 0 saturated carbocycles. The summed E-state index contributed by atoms with van der Waals surface area (Å²) in [6.07, 6.45) is 0. The Morgan fingerprint density at radius 3 is 2.52 bits per heavy atom. The molecule has 0 saturated heterocycles. The number of ether oxygens (including phenoxy) is 2. The van der Waals surface area contributed by atoms with E-state index in [1.54, 1.807) is 0 Å². The molecule has 0 aromatic heterocycles. The topological polar surface area (TPSA) is 21.7 Å². The van der Waals surface area contributed by atoms with E-state index in [9.17, 15) is 0 Å². The first-order valence-electron chi connectivity index (χ1n) is 9.56. The van der Waals surface area contributed by atoms with Gasteiger partial charge in [-0.05, 0) is 29.3 Å². The Hall–Kier alpha value is -2.94. The summed E-state index contributed by atoms with van der Waals surface area (Å²) in [5.41, 5.74) is 5.07. The van der Waals surface area contributed by atoms with Crippen molar-refractivity contribution in [3.63, 3.8) is 0 Å². The van der Waals surface area contributed by atoms with Crippen LogP contribution in [0.5, 0.6) is 11.5 Å². The number of fused-ring (bicyclic) bond motifs is 2. The summed E-state index contributed by atoms with van der Waals surface area (Å²) in [7, 11) is 2.14. The number of anilines is 1. The van der Waals surface area contributed by atoms with Crippen LogP contribution in [0.15, 0.2) is 72.8 Å². The molecule has 2 aliphatic heterocycles. The standard InChI is InChI=1S/C24H23NO2/c1-25-13-14-26-23-12-11-18(15-21(23)25)24-19-9-5-6-10-22(19)27-16-20(24)17-7-3-2-4-8-17/h2-12,15,20,24H,13-14,16H2,1H3. The third kappa shape index (κ3) is 2.84. The molecule has 0 aliphatic carbocycles. The van der Waals surface area contributed by atoms with Gasteiger partial charge in [0.25, 0.3) is 0 Å². The zero-order chi connectivity index (χ0) is 18.2. The fourth-order valence-electron chi connectivity index (χ4n) is 4.32. The first-order valence-corrected chi connectivity index (χ1v) is 9.56. The summed E-state index contributed by atoms with van der Waals surface area (Å²) in [6, 6.07) is 25.8. The van der Waals surface area contributed by atoms with Gasteiger partial charge in [0, 0.05) is 24.4 Å². The van der Waals surface area contributed by atoms with Gasteiger partial charge in [0.05, 0.1) is 18.8 Å². The first kappa shape index (κ1) is 16.2. The van der Waals surface area contributed by atoms with Crippen molar-refractivity contribution >= 4 is 5.69 Å². The fourth-order valence-corrected chi connectivity index (χ4v) is 4.32. The quantitative estimate of drug-likeness (QED) is 0.656. The van der Waals surface area contributed by atoms with Crippen molar-refractivity contribution in [3.05, 3.63) is 89.5 Å². The summed E-state index contributed by atoms with van der Waals surface area (Å²) in [4.78, 5) is 2.28. The Labute approximate surface area is 160 Å². The van der Waals surface area contributed by atoms with Crippen LogP contribution in [-0.2, 0) is 0 Å². The van der Waals surface area contributed by atoms with Gasteiger partial charge < -0.3 is 14.4 Å². The van der Waals surface area contributed by atoms with E-state index in [0.717, 1.165) is 24.7 Å². The Balaban J connectivity index is 1.65. The Bertz CT molecular complexity index is 954. The van der Waals surface area contributed by atoms with E-state index in [4.69, 9.17) is 9.47 Å². The van der Waals surface area contributed by atoms with Crippen LogP contribution >= 0.6 is 0 Å². The van der Waals surface area contributed by atoms with Crippen LogP contribution in [-0.4, -0.2) is 26.8 Å². The van der Waals surface area contributed by atoms with E-state index in [1.165, 1.54) is 22.4 Å². The number of para-hydroxylation sites is 1. The second kappa shape index (κ2) is 6.66. The van der Waals surface area contributed by atoms with Gasteiger partial charge in [-0.25, -0.2) is 0 Å². The average Bonchev–Trinajstić information content (AvgIpc) is 2.74. The van der Waals surface area contributed by atoms with Gasteiger partial charge in [-0.1, -0.05) is 54.6 Å². The lowest BCUT2D eigenvalue weighted by molar-refractivity contribution is 0.249. The number of benzene rings is 3. The van der Waals surface area contributed by atoms with E-state index in [-0.39, 0.29) is 11.8 Å². The molecule has 3 aromatic rings. The van der Waals surface area contributed by atoms with Crippen LogP contribution in [0.2, 0.25) is 0 Å². The maximum atomic E-state index is 6.14. The molecule has 0 bridgehead atoms. The predicted octanol–water partition coefficient (Wildman–Crippen LogP) is 4.82. The lowest BCUT2D eigenvalue weighted by Crippen LogP contribution is -2.29. The van der Waals surface area contributed by atoms with E-state index in [2.05, 4.69) is 78.7 Å². The van der Waals surface area contributed by atoms with Crippen molar-refractivity contribution in [2.75, 3.05) is 31.7 Å². The molecule has 2 heterocycles. The molecule has 0 radical (unpaired) electrons. The minimum absolute atomic E-state index is 0.262. The maximum absolute atomic E-state index is 6.14. The monoisotopic (exact) mass is 357 g/mol. The minimum Gasteiger partial charge on any atom is -0.493 e. The highest BCUT2D eigenvalue weighted by Gasteiger charge is 2.34. The van der Waals surface area contributed by atoms with Gasteiger partial charge in [-0.2, -0.15) is 0 Å². The Morgan fingerprint density at radius 2 is 1.63 bits per heavy atom. The van der Waals surface area contributed by atoms with Crippen LogP contribution in [0.1, 0.15) is 28.5 Å². The lowest BCUT2D eigenvalue weighted by atomic mass is 9.76. The van der Waals surface area contributed by atoms with Crippen LogP contribution < -0.4 is 14.4 Å². The SMILES string of the molecule is CN1CCOc2ccc(C3c4ccccc4OCC3c3ccccc3)cc21. The van der Waals surface area contributed by atoms with Gasteiger partial charge in [-0.15, -0.1) is 0 Å². The molecule has 3 heteroatoms. The fraction of sp³-hybridized carbons (Fsp3) is 0.250. The molecular weight excluding hydrogens is 334 g/mol. The van der Waals surface area contributed by atoms with E-state index >= 15 is 0 Å². The number of rotatable bonds is 2. The van der Waals surface area contributed by atoms with E-state index in [0.29, 0.717) is 6.61 Å². The highest BCUT2D eigenvalue weighted by molar-refractivity contribution is 5.63. The van der Waals surface area contributed by atoms with Gasteiger partial charge in [0.15, 0.2) is 0 Å². The second-order valence-electron chi connectivity index (χ2n) is 7.34. The summed E-state index contributed by atoms with van der Waals surface area (Å²) in [6.45, 7) is 2.35. The molecule has 5 rings (SSSR count). The highest BCUT2D eigenvalue weighted by atomic mass is 16.5. The highest BCUT2D eigenvalue weighted by Crippen LogP contribution is 2.47. The molecule has 0 N–H and O–H groups in total. The van der Waals surface area contributed by atoms with Crippen molar-refractivity contribution in [2.45, 2.75) is 11.8 Å². The average molecular weight is 357 g/mol. The smallest absolute Gasteiger partial charge is 0.142 e. The third-order valence-electron chi connectivity index (χ3n) is 5.74. The van der Waals surface area contributed by atoms with Crippen LogP contribution in [0.4, 0.5) is 5.69 Å². The van der Waals surface area contributed by atoms with Crippen molar-refractivity contribution < 1.29 is 9.47 Å². The molecule has 0 spiro atoms. The molecule has 3 aromatic carbocycles. The lowest BCUT2D eigenvalue weighted by Gasteiger charge is -2.35. The molecule has 0 fully saturated rings. The summed E-state index contributed by atoms with van der Waals surface area (Å²) >= 11 is 0. The van der Waals surface area contributed by atoms with Crippen molar-refractivity contribution in [2.24, 2.45) is 0 Å². The molecule has 136 valence electrons. The zero-order valence-electron chi connectivity index (χ0n) is 15.5. The molecule has 2 atom stereocenters. The predicted molar refractivity (Wildman–Crippen MR) is 108 cm³/mol. The molecule has 2 aliphatic rings. The Kier molecular flexibility index (Phi) is 4.01. The van der Waals surface area contributed by atoms with Crippen LogP contribution in [0, 0.1) is 0 Å². The van der Waals surface area contributed by atoms with Gasteiger partial charge >= 0.3 is 0 Å². The maximum Gasteiger partial charge on any atom is 0.142 e. The minimum atomic E-state index is 0.262. The summed E-state index contributed by atoms with van der Waals surface area (Å²) < 4.78 is 12.0. The molecular formula is C24H23NO2. The van der Waals surface area contributed by atoms with Crippen LogP contribution in [0.3, 0.4) is 0 Å². The number of likely N-dealkylation sites (N-methyl/N-ethyl adjacent to an activating group) is 1. The van der Waals surface area contributed by atoms with Gasteiger partial charge in [0.1, 0.15) is 18.1 Å².